The van der Waals surface area contributed by atoms with Crippen LogP contribution in [-0.4, -0.2) is 44.6 Å². The molecule has 8 heteroatoms. The number of nitrogens with one attached hydrogen (secondary N) is 1. The summed E-state index contributed by atoms with van der Waals surface area (Å²) in [5, 5.41) is 2.81. The van der Waals surface area contributed by atoms with E-state index in [1.807, 2.05) is 6.92 Å². The topological polar surface area (TPSA) is 92.8 Å². The molecule has 1 amide bonds. The van der Waals surface area contributed by atoms with Gasteiger partial charge in [-0.1, -0.05) is 18.2 Å². The van der Waals surface area contributed by atoms with E-state index >= 15 is 0 Å². The number of hydrogen-bond donors (Lipinski definition) is 1. The Balaban J connectivity index is 1.78. The molecule has 2 aromatic carbocycles. The molecule has 3 rings (SSSR count). The molecule has 0 aliphatic carbocycles. The van der Waals surface area contributed by atoms with Gasteiger partial charge in [-0.2, -0.15) is 4.31 Å². The minimum absolute atomic E-state index is 0.0897. The van der Waals surface area contributed by atoms with E-state index < -0.39 is 15.9 Å². The molecule has 2 aromatic rings. The van der Waals surface area contributed by atoms with Crippen LogP contribution in [0.2, 0.25) is 0 Å². The fourth-order valence-electron chi connectivity index (χ4n) is 3.56. The minimum atomic E-state index is -3.80. The molecule has 0 radical (unpaired) electrons. The summed E-state index contributed by atoms with van der Waals surface area (Å²) in [6.45, 7) is 3.73. The van der Waals surface area contributed by atoms with Crippen molar-refractivity contribution in [3.05, 3.63) is 53.6 Å². The van der Waals surface area contributed by atoms with Crippen LogP contribution >= 0.6 is 0 Å². The predicted octanol–water partition coefficient (Wildman–Crippen LogP) is 3.25. The molecule has 1 heterocycles. The second-order valence-electron chi connectivity index (χ2n) is 7.48. The number of rotatable bonds is 6. The van der Waals surface area contributed by atoms with Crippen molar-refractivity contribution < 1.29 is 22.7 Å². The summed E-state index contributed by atoms with van der Waals surface area (Å²) >= 11 is 0. The third-order valence-electron chi connectivity index (χ3n) is 5.23. The standard InChI is InChI=1S/C22H26N2O5S/c1-15-9-10-20(29-3)21(12-15)30(27,28)24-11-5-7-18(14-24)22(26)23-19-8-4-6-17(13-19)16(2)25/h4,6,8-10,12-13,18H,5,7,11,14H2,1-3H3,(H,23,26)/t18-/m1/s1. The number of ether oxygens (including phenoxy) is 1. The van der Waals surface area contributed by atoms with Crippen molar-refractivity contribution in [3.63, 3.8) is 0 Å². The summed E-state index contributed by atoms with van der Waals surface area (Å²) in [5.74, 6) is -0.543. The summed E-state index contributed by atoms with van der Waals surface area (Å²) in [4.78, 5) is 24.5. The number of nitrogens with zero attached hydrogens (tertiary/aromatic N) is 1. The molecule has 1 aliphatic rings. The number of carbonyl (C=O) groups is 2. The normalized spacial score (nSPS) is 17.4. The van der Waals surface area contributed by atoms with Crippen molar-refractivity contribution in [2.24, 2.45) is 5.92 Å². The first-order valence-electron chi connectivity index (χ1n) is 9.79. The van der Waals surface area contributed by atoms with E-state index in [2.05, 4.69) is 5.32 Å². The van der Waals surface area contributed by atoms with Gasteiger partial charge in [0.25, 0.3) is 0 Å². The van der Waals surface area contributed by atoms with Crippen LogP contribution in [0.3, 0.4) is 0 Å². The summed E-state index contributed by atoms with van der Waals surface area (Å²) < 4.78 is 33.1. The maximum atomic E-state index is 13.2. The van der Waals surface area contributed by atoms with E-state index in [0.29, 0.717) is 30.6 Å². The fourth-order valence-corrected chi connectivity index (χ4v) is 5.32. The molecule has 30 heavy (non-hydrogen) atoms. The first-order chi connectivity index (χ1) is 14.2. The number of methoxy groups -OCH3 is 1. The van der Waals surface area contributed by atoms with E-state index in [0.717, 1.165) is 5.56 Å². The van der Waals surface area contributed by atoms with Crippen molar-refractivity contribution in [2.75, 3.05) is 25.5 Å². The van der Waals surface area contributed by atoms with Gasteiger partial charge in [0, 0.05) is 24.3 Å². The minimum Gasteiger partial charge on any atom is -0.495 e. The van der Waals surface area contributed by atoms with Gasteiger partial charge in [0.2, 0.25) is 15.9 Å². The Hall–Kier alpha value is -2.71. The van der Waals surface area contributed by atoms with Gasteiger partial charge >= 0.3 is 0 Å². The van der Waals surface area contributed by atoms with Crippen LogP contribution in [0.5, 0.6) is 5.75 Å². The summed E-state index contributed by atoms with van der Waals surface area (Å²) in [6, 6.07) is 11.7. The highest BCUT2D eigenvalue weighted by Crippen LogP contribution is 2.31. The first-order valence-corrected chi connectivity index (χ1v) is 11.2. The second-order valence-corrected chi connectivity index (χ2v) is 9.39. The number of piperidine rings is 1. The van der Waals surface area contributed by atoms with Gasteiger partial charge in [0.15, 0.2) is 5.78 Å². The highest BCUT2D eigenvalue weighted by atomic mass is 32.2. The van der Waals surface area contributed by atoms with Crippen molar-refractivity contribution in [1.29, 1.82) is 0 Å². The largest absolute Gasteiger partial charge is 0.495 e. The lowest BCUT2D eigenvalue weighted by molar-refractivity contribution is -0.120. The molecule has 1 aliphatic heterocycles. The van der Waals surface area contributed by atoms with Gasteiger partial charge in [-0.25, -0.2) is 8.42 Å². The zero-order valence-electron chi connectivity index (χ0n) is 17.3. The molecule has 1 N–H and O–H groups in total. The summed E-state index contributed by atoms with van der Waals surface area (Å²) in [7, 11) is -2.37. The van der Waals surface area contributed by atoms with Gasteiger partial charge in [0.1, 0.15) is 10.6 Å². The molecular formula is C22H26N2O5S. The maximum absolute atomic E-state index is 13.2. The maximum Gasteiger partial charge on any atom is 0.246 e. The Morgan fingerprint density at radius 3 is 2.63 bits per heavy atom. The fraction of sp³-hybridized carbons (Fsp3) is 0.364. The molecule has 0 aromatic heterocycles. The molecule has 0 bridgehead atoms. The Labute approximate surface area is 177 Å². The lowest BCUT2D eigenvalue weighted by Crippen LogP contribution is -2.43. The lowest BCUT2D eigenvalue weighted by Gasteiger charge is -2.31. The van der Waals surface area contributed by atoms with Crippen molar-refractivity contribution in [2.45, 2.75) is 31.6 Å². The number of carbonyl (C=O) groups excluding carboxylic acids is 2. The molecular weight excluding hydrogens is 404 g/mol. The van der Waals surface area contributed by atoms with E-state index in [-0.39, 0.29) is 28.9 Å². The average molecular weight is 431 g/mol. The summed E-state index contributed by atoms with van der Waals surface area (Å²) in [6.07, 6.45) is 1.17. The van der Waals surface area contributed by atoms with Gasteiger partial charge in [-0.05, 0) is 56.5 Å². The van der Waals surface area contributed by atoms with Gasteiger partial charge < -0.3 is 10.1 Å². The molecule has 160 valence electrons. The number of anilines is 1. The zero-order chi connectivity index (χ0) is 21.9. The van der Waals surface area contributed by atoms with Crippen LogP contribution in [0.15, 0.2) is 47.4 Å². The van der Waals surface area contributed by atoms with Crippen molar-refractivity contribution in [1.82, 2.24) is 4.31 Å². The highest BCUT2D eigenvalue weighted by Gasteiger charge is 2.35. The Bertz CT molecular complexity index is 1060. The van der Waals surface area contributed by atoms with Gasteiger partial charge in [0.05, 0.1) is 13.0 Å². The number of amides is 1. The van der Waals surface area contributed by atoms with Crippen LogP contribution in [-0.2, 0) is 14.8 Å². The van der Waals surface area contributed by atoms with Crippen LogP contribution in [0.25, 0.3) is 0 Å². The number of sulfonamides is 1. The quantitative estimate of drug-likeness (QED) is 0.710. The predicted molar refractivity (Wildman–Crippen MR) is 114 cm³/mol. The van der Waals surface area contributed by atoms with Crippen LogP contribution in [0, 0.1) is 12.8 Å². The number of aryl methyl sites for hydroxylation is 1. The van der Waals surface area contributed by atoms with Gasteiger partial charge in [-0.3, -0.25) is 9.59 Å². The third-order valence-corrected chi connectivity index (χ3v) is 7.11. The van der Waals surface area contributed by atoms with E-state index in [1.54, 1.807) is 42.5 Å². The Kier molecular flexibility index (Phi) is 6.58. The van der Waals surface area contributed by atoms with Crippen LogP contribution in [0.4, 0.5) is 5.69 Å². The molecule has 0 saturated carbocycles. The smallest absolute Gasteiger partial charge is 0.246 e. The monoisotopic (exact) mass is 430 g/mol. The lowest BCUT2D eigenvalue weighted by atomic mass is 9.98. The van der Waals surface area contributed by atoms with Crippen molar-refractivity contribution >= 4 is 27.4 Å². The van der Waals surface area contributed by atoms with Crippen LogP contribution < -0.4 is 10.1 Å². The highest BCUT2D eigenvalue weighted by molar-refractivity contribution is 7.89. The van der Waals surface area contributed by atoms with Crippen molar-refractivity contribution in [3.8, 4) is 5.75 Å². The van der Waals surface area contributed by atoms with E-state index in [1.165, 1.54) is 18.3 Å². The Morgan fingerprint density at radius 2 is 1.93 bits per heavy atom. The number of hydrogen-bond acceptors (Lipinski definition) is 5. The number of benzene rings is 2. The molecule has 1 saturated heterocycles. The summed E-state index contributed by atoms with van der Waals surface area (Å²) in [5.41, 5.74) is 1.84. The molecule has 1 fully saturated rings. The third kappa shape index (κ3) is 4.71. The molecule has 1 atom stereocenters. The SMILES string of the molecule is COc1ccc(C)cc1S(=O)(=O)N1CCC[C@@H](C(=O)Nc2cccc(C(C)=O)c2)C1. The van der Waals surface area contributed by atoms with Crippen LogP contribution in [0.1, 0.15) is 35.7 Å². The number of ketones is 1. The Morgan fingerprint density at radius 1 is 1.17 bits per heavy atom. The first kappa shape index (κ1) is 22.0. The molecule has 7 nitrogen and oxygen atoms in total. The van der Waals surface area contributed by atoms with Gasteiger partial charge in [-0.15, -0.1) is 0 Å². The zero-order valence-corrected chi connectivity index (χ0v) is 18.2. The van der Waals surface area contributed by atoms with E-state index in [4.69, 9.17) is 4.74 Å². The molecule has 0 spiro atoms. The number of Topliss-reactive ketones (excluding diaryl/α,β-unsaturated/α-hetero) is 1. The average Bonchev–Trinajstić information content (AvgIpc) is 2.74. The van der Waals surface area contributed by atoms with E-state index in [9.17, 15) is 18.0 Å². The molecule has 0 unspecified atom stereocenters. The second kappa shape index (κ2) is 8.97.